The molecular formula is C51H44N4. The molecule has 0 spiro atoms. The second-order valence-corrected chi connectivity index (χ2v) is 17.5. The largest absolute Gasteiger partial charge is 0.336 e. The number of allylic oxidation sites excluding steroid dienone is 2. The molecule has 55 heavy (non-hydrogen) atoms. The molecule has 0 fully saturated rings. The molecule has 4 heteroatoms. The minimum absolute atomic E-state index is 0.0581. The van der Waals surface area contributed by atoms with Gasteiger partial charge in [-0.2, -0.15) is 0 Å². The number of nitrogens with zero attached hydrogens (tertiary/aromatic N) is 4. The van der Waals surface area contributed by atoms with Crippen LogP contribution in [0.15, 0.2) is 126 Å². The van der Waals surface area contributed by atoms with Crippen molar-refractivity contribution in [1.29, 1.82) is 0 Å². The highest BCUT2D eigenvalue weighted by Gasteiger charge is 2.31. The topological polar surface area (TPSA) is 43.1 Å². The number of rotatable bonds is 2. The van der Waals surface area contributed by atoms with E-state index in [1.165, 1.54) is 33.5 Å². The maximum Gasteiger partial charge on any atom is 0.0972 e. The van der Waals surface area contributed by atoms with Crippen LogP contribution < -0.4 is 0 Å². The quantitative estimate of drug-likeness (QED) is 0.167. The number of hydrogen-bond acceptors (Lipinski definition) is 3. The van der Waals surface area contributed by atoms with E-state index >= 15 is 0 Å². The highest BCUT2D eigenvalue weighted by molar-refractivity contribution is 6.14. The summed E-state index contributed by atoms with van der Waals surface area (Å²) in [4.78, 5) is 16.5. The summed E-state index contributed by atoms with van der Waals surface area (Å²) in [5, 5.41) is 2.17. The summed E-state index contributed by atoms with van der Waals surface area (Å²) >= 11 is 0. The fraction of sp³-hybridized carbons (Fsp3) is 0.196. The fourth-order valence-electron chi connectivity index (χ4n) is 8.63. The van der Waals surface area contributed by atoms with Crippen LogP contribution in [0.25, 0.3) is 67.2 Å². The zero-order valence-electron chi connectivity index (χ0n) is 32.7. The van der Waals surface area contributed by atoms with Gasteiger partial charge in [0.2, 0.25) is 0 Å². The lowest BCUT2D eigenvalue weighted by atomic mass is 9.82. The van der Waals surface area contributed by atoms with E-state index in [1.807, 2.05) is 6.08 Å². The van der Waals surface area contributed by atoms with Gasteiger partial charge in [-0.3, -0.25) is 0 Å². The van der Waals surface area contributed by atoms with E-state index in [1.54, 1.807) is 0 Å². The third kappa shape index (κ3) is 5.22. The predicted octanol–water partition coefficient (Wildman–Crippen LogP) is 12.6. The Labute approximate surface area is 323 Å². The van der Waals surface area contributed by atoms with Crippen LogP contribution in [0.5, 0.6) is 0 Å². The van der Waals surface area contributed by atoms with Crippen LogP contribution in [0.4, 0.5) is 0 Å². The highest BCUT2D eigenvalue weighted by atomic mass is 15.0. The molecule has 0 unspecified atom stereocenters. The van der Waals surface area contributed by atoms with Crippen molar-refractivity contribution in [3.8, 4) is 33.8 Å². The van der Waals surface area contributed by atoms with Crippen LogP contribution >= 0.6 is 0 Å². The van der Waals surface area contributed by atoms with Crippen molar-refractivity contribution < 1.29 is 0 Å². The number of aliphatic imine (C=N–C) groups is 1. The third-order valence-corrected chi connectivity index (χ3v) is 11.9. The van der Waals surface area contributed by atoms with Gasteiger partial charge in [0.15, 0.2) is 0 Å². The predicted molar refractivity (Wildman–Crippen MR) is 231 cm³/mol. The van der Waals surface area contributed by atoms with Crippen LogP contribution in [0, 0.1) is 6.92 Å². The Kier molecular flexibility index (Phi) is 7.10. The summed E-state index contributed by atoms with van der Waals surface area (Å²) in [6, 6.07) is 35.9. The molecule has 3 aliphatic rings. The van der Waals surface area contributed by atoms with E-state index in [0.29, 0.717) is 0 Å². The molecule has 0 saturated carbocycles. The molecule has 0 atom stereocenters. The van der Waals surface area contributed by atoms with Gasteiger partial charge in [-0.1, -0.05) is 96.7 Å². The average Bonchev–Trinajstić information content (AvgIpc) is 3.90. The van der Waals surface area contributed by atoms with Crippen molar-refractivity contribution >= 4 is 39.2 Å². The SMILES string of the molecule is C=Cc1cccc(C2=C3C=CC(=N3)c3cc(C(C)(C)C)cc(c3C)-c3ccc4ccc5ccc(nc5c4n3)-c3cc(C(C)(C)C)cc4c3Cn3c2ccc3-4)c1. The first-order valence-corrected chi connectivity index (χ1v) is 19.3. The lowest BCUT2D eigenvalue weighted by Crippen LogP contribution is -2.14. The Morgan fingerprint density at radius 2 is 1.24 bits per heavy atom. The zero-order valence-corrected chi connectivity index (χ0v) is 32.7. The Balaban J connectivity index is 1.35. The molecule has 7 aromatic rings. The molecule has 3 aliphatic heterocycles. The van der Waals surface area contributed by atoms with Gasteiger partial charge in [-0.05, 0) is 118 Å². The van der Waals surface area contributed by atoms with Gasteiger partial charge in [0.25, 0.3) is 0 Å². The summed E-state index contributed by atoms with van der Waals surface area (Å²) < 4.78 is 2.49. The second kappa shape index (κ2) is 11.7. The first-order chi connectivity index (χ1) is 26.4. The average molecular weight is 713 g/mol. The summed E-state index contributed by atoms with van der Waals surface area (Å²) in [7, 11) is 0. The van der Waals surface area contributed by atoms with E-state index in [-0.39, 0.29) is 10.8 Å². The van der Waals surface area contributed by atoms with Crippen LogP contribution in [-0.4, -0.2) is 20.2 Å². The van der Waals surface area contributed by atoms with Crippen molar-refractivity contribution in [2.45, 2.75) is 65.8 Å². The monoisotopic (exact) mass is 712 g/mol. The van der Waals surface area contributed by atoms with E-state index in [4.69, 9.17) is 15.0 Å². The second-order valence-electron chi connectivity index (χ2n) is 17.5. The van der Waals surface area contributed by atoms with E-state index in [9.17, 15) is 0 Å². The Morgan fingerprint density at radius 3 is 1.91 bits per heavy atom. The Bertz CT molecular complexity index is 2930. The number of benzene rings is 4. The lowest BCUT2D eigenvalue weighted by molar-refractivity contribution is 0.590. The van der Waals surface area contributed by atoms with Crippen LogP contribution in [0.2, 0.25) is 0 Å². The first kappa shape index (κ1) is 33.4. The molecule has 0 saturated heterocycles. The van der Waals surface area contributed by atoms with Gasteiger partial charge >= 0.3 is 0 Å². The fourth-order valence-corrected chi connectivity index (χ4v) is 8.63. The zero-order chi connectivity index (χ0) is 38.0. The smallest absolute Gasteiger partial charge is 0.0972 e. The molecule has 268 valence electrons. The van der Waals surface area contributed by atoms with Gasteiger partial charge in [-0.25, -0.2) is 15.0 Å². The van der Waals surface area contributed by atoms with Crippen molar-refractivity contribution in [1.82, 2.24) is 14.5 Å². The van der Waals surface area contributed by atoms with Crippen LogP contribution in [-0.2, 0) is 17.4 Å². The van der Waals surface area contributed by atoms with Crippen molar-refractivity contribution in [2.75, 3.05) is 0 Å². The minimum atomic E-state index is -0.0874. The third-order valence-electron chi connectivity index (χ3n) is 11.9. The number of fused-ring (bicyclic) bond motifs is 9. The molecule has 10 rings (SSSR count). The normalized spacial score (nSPS) is 14.4. The number of hydrogen-bond donors (Lipinski definition) is 0. The Morgan fingerprint density at radius 1 is 0.636 bits per heavy atom. The molecule has 4 aromatic carbocycles. The molecule has 0 N–H and O–H groups in total. The van der Waals surface area contributed by atoms with Crippen LogP contribution in [0.3, 0.4) is 0 Å². The molecule has 4 nitrogen and oxygen atoms in total. The van der Waals surface area contributed by atoms with Gasteiger partial charge in [0.05, 0.1) is 39.5 Å². The molecular weight excluding hydrogens is 669 g/mol. The molecule has 0 aliphatic carbocycles. The van der Waals surface area contributed by atoms with E-state index in [0.717, 1.165) is 90.2 Å². The van der Waals surface area contributed by atoms with Crippen molar-refractivity contribution in [2.24, 2.45) is 4.99 Å². The maximum atomic E-state index is 5.52. The van der Waals surface area contributed by atoms with Gasteiger partial charge in [-0.15, -0.1) is 0 Å². The first-order valence-electron chi connectivity index (χ1n) is 19.3. The maximum absolute atomic E-state index is 5.52. The van der Waals surface area contributed by atoms with E-state index < -0.39 is 0 Å². The lowest BCUT2D eigenvalue weighted by Gasteiger charge is -2.23. The molecule has 10 bridgehead atoms. The minimum Gasteiger partial charge on any atom is -0.336 e. The number of aromatic nitrogens is 3. The Hall–Kier alpha value is -6.13. The number of pyridine rings is 2. The van der Waals surface area contributed by atoms with Gasteiger partial charge < -0.3 is 4.57 Å². The van der Waals surface area contributed by atoms with E-state index in [2.05, 4.69) is 169 Å². The summed E-state index contributed by atoms with van der Waals surface area (Å²) in [6.07, 6.45) is 6.32. The van der Waals surface area contributed by atoms with Crippen molar-refractivity contribution in [3.63, 3.8) is 0 Å². The van der Waals surface area contributed by atoms with Crippen LogP contribution in [0.1, 0.15) is 86.2 Å². The summed E-state index contributed by atoms with van der Waals surface area (Å²) in [6.45, 7) is 20.8. The molecule has 0 radical (unpaired) electrons. The van der Waals surface area contributed by atoms with Gasteiger partial charge in [0.1, 0.15) is 0 Å². The molecule has 6 heterocycles. The standard InChI is InChI=1S/C51H44N4/c1-9-30-11-10-12-33(23-30)47-44-20-19-41(52-44)36-24-34(50(3,4)5)25-37(29(36)2)42-17-15-31-13-14-32-16-18-43(54-49(32)48(31)53-42)38-26-35(51(6,7)8)27-39-40(38)28-55-45(39)21-22-46(47)55/h9-27H,1,28H2,2-8H3. The van der Waals surface area contributed by atoms with Crippen molar-refractivity contribution in [3.05, 3.63) is 166 Å². The highest BCUT2D eigenvalue weighted by Crippen LogP contribution is 2.46. The summed E-state index contributed by atoms with van der Waals surface area (Å²) in [5.41, 5.74) is 20.9. The van der Waals surface area contributed by atoms with Gasteiger partial charge in [0, 0.05) is 50.8 Å². The molecule has 3 aromatic heterocycles. The summed E-state index contributed by atoms with van der Waals surface area (Å²) in [5.74, 6) is 0. The molecule has 0 amide bonds.